The molecule has 1 saturated heterocycles. The predicted octanol–water partition coefficient (Wildman–Crippen LogP) is 1.74. The average Bonchev–Trinajstić information content (AvgIpc) is 2.50. The number of nitrogens with zero attached hydrogens (tertiary/aromatic N) is 1. The van der Waals surface area contributed by atoms with Crippen LogP contribution in [-0.4, -0.2) is 37.6 Å². The maximum atomic E-state index is 3.98. The second-order valence-electron chi connectivity index (χ2n) is 4.68. The fraction of sp³-hybridized carbons (Fsp3) is 0.833. The fourth-order valence-corrected chi connectivity index (χ4v) is 2.13. The lowest BCUT2D eigenvalue weighted by atomic mass is 9.97. The van der Waals surface area contributed by atoms with Crippen molar-refractivity contribution in [1.82, 2.24) is 10.2 Å². The SMILES string of the molecule is C=C(C)CN(CC)CC1CNCC1C. The van der Waals surface area contributed by atoms with E-state index in [1.165, 1.54) is 25.2 Å². The van der Waals surface area contributed by atoms with Gasteiger partial charge in [0.25, 0.3) is 0 Å². The van der Waals surface area contributed by atoms with Gasteiger partial charge >= 0.3 is 0 Å². The summed E-state index contributed by atoms with van der Waals surface area (Å²) in [6.45, 7) is 16.5. The van der Waals surface area contributed by atoms with E-state index in [1.807, 2.05) is 0 Å². The van der Waals surface area contributed by atoms with Crippen molar-refractivity contribution < 1.29 is 0 Å². The summed E-state index contributed by atoms with van der Waals surface area (Å²) < 4.78 is 0. The molecule has 0 saturated carbocycles. The van der Waals surface area contributed by atoms with Crippen LogP contribution in [0, 0.1) is 11.8 Å². The van der Waals surface area contributed by atoms with Gasteiger partial charge in [0.2, 0.25) is 0 Å². The molecule has 0 aliphatic carbocycles. The molecule has 2 nitrogen and oxygen atoms in total. The topological polar surface area (TPSA) is 15.3 Å². The first-order chi connectivity index (χ1) is 6.63. The van der Waals surface area contributed by atoms with Crippen molar-refractivity contribution in [2.45, 2.75) is 20.8 Å². The van der Waals surface area contributed by atoms with Crippen molar-refractivity contribution in [1.29, 1.82) is 0 Å². The molecular formula is C12H24N2. The lowest BCUT2D eigenvalue weighted by molar-refractivity contribution is 0.243. The summed E-state index contributed by atoms with van der Waals surface area (Å²) in [6.07, 6.45) is 0. The molecule has 1 heterocycles. The van der Waals surface area contributed by atoms with Crippen molar-refractivity contribution >= 4 is 0 Å². The van der Waals surface area contributed by atoms with E-state index < -0.39 is 0 Å². The molecule has 0 bridgehead atoms. The third-order valence-corrected chi connectivity index (χ3v) is 3.11. The number of nitrogens with one attached hydrogen (secondary N) is 1. The molecule has 0 spiro atoms. The van der Waals surface area contributed by atoms with Gasteiger partial charge in [0.1, 0.15) is 0 Å². The largest absolute Gasteiger partial charge is 0.316 e. The van der Waals surface area contributed by atoms with E-state index in [4.69, 9.17) is 0 Å². The number of likely N-dealkylation sites (N-methyl/N-ethyl adjacent to an activating group) is 1. The molecule has 2 atom stereocenters. The Kier molecular flexibility index (Phi) is 4.63. The molecule has 1 fully saturated rings. The van der Waals surface area contributed by atoms with Crippen LogP contribution in [0.2, 0.25) is 0 Å². The zero-order valence-electron chi connectivity index (χ0n) is 9.84. The monoisotopic (exact) mass is 196 g/mol. The van der Waals surface area contributed by atoms with E-state index in [1.54, 1.807) is 0 Å². The summed E-state index contributed by atoms with van der Waals surface area (Å²) >= 11 is 0. The quantitative estimate of drug-likeness (QED) is 0.674. The summed E-state index contributed by atoms with van der Waals surface area (Å²) in [5, 5.41) is 3.46. The van der Waals surface area contributed by atoms with Gasteiger partial charge in [-0.05, 0) is 38.4 Å². The Morgan fingerprint density at radius 2 is 2.21 bits per heavy atom. The second kappa shape index (κ2) is 5.52. The Morgan fingerprint density at radius 3 is 2.64 bits per heavy atom. The smallest absolute Gasteiger partial charge is 0.0187 e. The molecule has 0 aromatic rings. The molecular weight excluding hydrogens is 172 g/mol. The van der Waals surface area contributed by atoms with Gasteiger partial charge < -0.3 is 5.32 Å². The number of hydrogen-bond donors (Lipinski definition) is 1. The normalized spacial score (nSPS) is 27.1. The highest BCUT2D eigenvalue weighted by molar-refractivity contribution is 4.92. The van der Waals surface area contributed by atoms with Crippen LogP contribution in [0.15, 0.2) is 12.2 Å². The van der Waals surface area contributed by atoms with E-state index in [0.29, 0.717) is 0 Å². The molecule has 0 radical (unpaired) electrons. The van der Waals surface area contributed by atoms with Gasteiger partial charge in [0.15, 0.2) is 0 Å². The van der Waals surface area contributed by atoms with Crippen LogP contribution in [0.3, 0.4) is 0 Å². The molecule has 0 aromatic carbocycles. The van der Waals surface area contributed by atoms with Crippen LogP contribution < -0.4 is 5.32 Å². The minimum atomic E-state index is 0.828. The zero-order valence-corrected chi connectivity index (χ0v) is 9.84. The summed E-state index contributed by atoms with van der Waals surface area (Å²) in [5.41, 5.74) is 1.27. The Hall–Kier alpha value is -0.340. The Labute approximate surface area is 88.4 Å². The summed E-state index contributed by atoms with van der Waals surface area (Å²) in [6, 6.07) is 0. The third-order valence-electron chi connectivity index (χ3n) is 3.11. The first kappa shape index (κ1) is 11.7. The Morgan fingerprint density at radius 1 is 1.50 bits per heavy atom. The van der Waals surface area contributed by atoms with Crippen molar-refractivity contribution in [3.05, 3.63) is 12.2 Å². The highest BCUT2D eigenvalue weighted by Gasteiger charge is 2.24. The first-order valence-electron chi connectivity index (χ1n) is 5.71. The summed E-state index contributed by atoms with van der Waals surface area (Å²) in [4.78, 5) is 2.50. The maximum Gasteiger partial charge on any atom is 0.0187 e. The van der Waals surface area contributed by atoms with Crippen LogP contribution in [0.4, 0.5) is 0 Å². The summed E-state index contributed by atoms with van der Waals surface area (Å²) in [7, 11) is 0. The van der Waals surface area contributed by atoms with Crippen molar-refractivity contribution in [2.75, 3.05) is 32.7 Å². The van der Waals surface area contributed by atoms with E-state index in [-0.39, 0.29) is 0 Å². The molecule has 0 aromatic heterocycles. The van der Waals surface area contributed by atoms with Crippen molar-refractivity contribution in [3.63, 3.8) is 0 Å². The van der Waals surface area contributed by atoms with Crippen LogP contribution in [0.5, 0.6) is 0 Å². The van der Waals surface area contributed by atoms with E-state index >= 15 is 0 Å². The van der Waals surface area contributed by atoms with Gasteiger partial charge in [-0.3, -0.25) is 4.90 Å². The third kappa shape index (κ3) is 3.43. The van der Waals surface area contributed by atoms with E-state index in [2.05, 4.69) is 37.6 Å². The molecule has 1 N–H and O–H groups in total. The van der Waals surface area contributed by atoms with Crippen LogP contribution >= 0.6 is 0 Å². The van der Waals surface area contributed by atoms with Crippen LogP contribution in [-0.2, 0) is 0 Å². The van der Waals surface area contributed by atoms with Gasteiger partial charge in [-0.1, -0.05) is 26.0 Å². The first-order valence-corrected chi connectivity index (χ1v) is 5.71. The van der Waals surface area contributed by atoms with Gasteiger partial charge in [-0.2, -0.15) is 0 Å². The predicted molar refractivity (Wildman–Crippen MR) is 62.5 cm³/mol. The highest BCUT2D eigenvalue weighted by Crippen LogP contribution is 2.17. The fourth-order valence-electron chi connectivity index (χ4n) is 2.13. The lowest BCUT2D eigenvalue weighted by Crippen LogP contribution is -2.33. The van der Waals surface area contributed by atoms with Crippen molar-refractivity contribution in [3.8, 4) is 0 Å². The average molecular weight is 196 g/mol. The molecule has 2 heteroatoms. The molecule has 1 aliphatic rings. The standard InChI is InChI=1S/C12H24N2/c1-5-14(8-10(2)3)9-12-7-13-6-11(12)4/h11-13H,2,5-9H2,1,3-4H3. The minimum absolute atomic E-state index is 0.828. The molecule has 1 rings (SSSR count). The molecule has 14 heavy (non-hydrogen) atoms. The van der Waals surface area contributed by atoms with Gasteiger partial charge in [-0.15, -0.1) is 0 Å². The van der Waals surface area contributed by atoms with Crippen LogP contribution in [0.25, 0.3) is 0 Å². The number of hydrogen-bond acceptors (Lipinski definition) is 2. The maximum absolute atomic E-state index is 3.98. The zero-order chi connectivity index (χ0) is 10.6. The van der Waals surface area contributed by atoms with Crippen molar-refractivity contribution in [2.24, 2.45) is 11.8 Å². The Balaban J connectivity index is 2.35. The molecule has 1 aliphatic heterocycles. The van der Waals surface area contributed by atoms with Gasteiger partial charge in [0.05, 0.1) is 0 Å². The second-order valence-corrected chi connectivity index (χ2v) is 4.68. The molecule has 0 amide bonds. The van der Waals surface area contributed by atoms with E-state index in [0.717, 1.165) is 24.9 Å². The highest BCUT2D eigenvalue weighted by atomic mass is 15.1. The van der Waals surface area contributed by atoms with Crippen LogP contribution in [0.1, 0.15) is 20.8 Å². The van der Waals surface area contributed by atoms with E-state index in [9.17, 15) is 0 Å². The number of rotatable bonds is 5. The molecule has 82 valence electrons. The summed E-state index contributed by atoms with van der Waals surface area (Å²) in [5.74, 6) is 1.66. The molecule has 2 unspecified atom stereocenters. The lowest BCUT2D eigenvalue weighted by Gasteiger charge is -2.25. The van der Waals surface area contributed by atoms with Gasteiger partial charge in [0, 0.05) is 13.1 Å². The Bertz CT molecular complexity index is 189. The van der Waals surface area contributed by atoms with Gasteiger partial charge in [-0.25, -0.2) is 0 Å². The minimum Gasteiger partial charge on any atom is -0.316 e.